The maximum absolute atomic E-state index is 11.2. The first-order valence-corrected chi connectivity index (χ1v) is 5.27. The molecular formula is C11H23NO. The molecule has 0 aliphatic rings. The van der Waals surface area contributed by atoms with Crippen LogP contribution in [0, 0.1) is 11.8 Å². The van der Waals surface area contributed by atoms with Crippen LogP contribution in [-0.4, -0.2) is 18.9 Å². The first-order chi connectivity index (χ1) is 6.04. The minimum atomic E-state index is 0.187. The van der Waals surface area contributed by atoms with Gasteiger partial charge in [-0.05, 0) is 18.9 Å². The molecular weight excluding hydrogens is 162 g/mol. The zero-order valence-corrected chi connectivity index (χ0v) is 9.39. The largest absolute Gasteiger partial charge is 0.316 e. The monoisotopic (exact) mass is 185 g/mol. The van der Waals surface area contributed by atoms with E-state index in [1.807, 2.05) is 13.8 Å². The fourth-order valence-corrected chi connectivity index (χ4v) is 1.02. The second-order valence-corrected chi connectivity index (χ2v) is 4.30. The predicted octanol–water partition coefficient (Wildman–Crippen LogP) is 2.24. The molecule has 0 unspecified atom stereocenters. The van der Waals surface area contributed by atoms with Crippen LogP contribution in [0.4, 0.5) is 0 Å². The number of carbonyl (C=O) groups is 1. The molecule has 0 saturated heterocycles. The van der Waals surface area contributed by atoms with Gasteiger partial charge >= 0.3 is 0 Å². The summed E-state index contributed by atoms with van der Waals surface area (Å²) in [6.07, 6.45) is 1.87. The Morgan fingerprint density at radius 3 is 2.23 bits per heavy atom. The number of hydrogen-bond donors (Lipinski definition) is 1. The Morgan fingerprint density at radius 1 is 1.15 bits per heavy atom. The number of hydrogen-bond acceptors (Lipinski definition) is 2. The average Bonchev–Trinajstić information content (AvgIpc) is 2.02. The summed E-state index contributed by atoms with van der Waals surface area (Å²) in [4.78, 5) is 11.2. The van der Waals surface area contributed by atoms with Crippen molar-refractivity contribution in [2.24, 2.45) is 11.8 Å². The first kappa shape index (κ1) is 12.6. The van der Waals surface area contributed by atoms with Gasteiger partial charge in [0.25, 0.3) is 0 Å². The van der Waals surface area contributed by atoms with Crippen molar-refractivity contribution in [3.8, 4) is 0 Å². The summed E-state index contributed by atoms with van der Waals surface area (Å²) in [5, 5.41) is 3.28. The third-order valence-corrected chi connectivity index (χ3v) is 2.09. The minimum absolute atomic E-state index is 0.187. The minimum Gasteiger partial charge on any atom is -0.316 e. The maximum atomic E-state index is 11.2. The normalized spacial score (nSPS) is 11.2. The maximum Gasteiger partial charge on any atom is 0.136 e. The highest BCUT2D eigenvalue weighted by atomic mass is 16.1. The summed E-state index contributed by atoms with van der Waals surface area (Å²) in [7, 11) is 0. The van der Waals surface area contributed by atoms with E-state index in [0.29, 0.717) is 12.2 Å². The van der Waals surface area contributed by atoms with Gasteiger partial charge in [0.1, 0.15) is 5.78 Å². The van der Waals surface area contributed by atoms with Gasteiger partial charge in [0, 0.05) is 18.9 Å². The van der Waals surface area contributed by atoms with Gasteiger partial charge in [-0.2, -0.15) is 0 Å². The first-order valence-electron chi connectivity index (χ1n) is 5.27. The second kappa shape index (κ2) is 7.07. The Hall–Kier alpha value is -0.370. The van der Waals surface area contributed by atoms with Crippen LogP contribution >= 0.6 is 0 Å². The van der Waals surface area contributed by atoms with Crippen LogP contribution in [0.15, 0.2) is 0 Å². The van der Waals surface area contributed by atoms with E-state index in [2.05, 4.69) is 19.2 Å². The highest BCUT2D eigenvalue weighted by molar-refractivity contribution is 5.80. The van der Waals surface area contributed by atoms with E-state index >= 15 is 0 Å². The van der Waals surface area contributed by atoms with Crippen molar-refractivity contribution < 1.29 is 4.79 Å². The van der Waals surface area contributed by atoms with Crippen LogP contribution in [0.2, 0.25) is 0 Å². The van der Waals surface area contributed by atoms with Crippen molar-refractivity contribution in [1.82, 2.24) is 5.32 Å². The SMILES string of the molecule is CC(C)CCNCCC(=O)C(C)C. The summed E-state index contributed by atoms with van der Waals surface area (Å²) in [5.41, 5.74) is 0. The molecule has 0 atom stereocenters. The van der Waals surface area contributed by atoms with Crippen LogP contribution in [0.25, 0.3) is 0 Å². The van der Waals surface area contributed by atoms with E-state index in [4.69, 9.17) is 0 Å². The van der Waals surface area contributed by atoms with Crippen molar-refractivity contribution in [2.45, 2.75) is 40.5 Å². The van der Waals surface area contributed by atoms with Gasteiger partial charge in [0.2, 0.25) is 0 Å². The van der Waals surface area contributed by atoms with E-state index in [0.717, 1.165) is 19.0 Å². The lowest BCUT2D eigenvalue weighted by molar-refractivity contribution is -0.121. The van der Waals surface area contributed by atoms with Crippen molar-refractivity contribution in [2.75, 3.05) is 13.1 Å². The average molecular weight is 185 g/mol. The third-order valence-electron chi connectivity index (χ3n) is 2.09. The number of ketones is 1. The summed E-state index contributed by atoms with van der Waals surface area (Å²) in [5.74, 6) is 1.29. The second-order valence-electron chi connectivity index (χ2n) is 4.30. The van der Waals surface area contributed by atoms with Crippen LogP contribution in [-0.2, 0) is 4.79 Å². The van der Waals surface area contributed by atoms with Crippen molar-refractivity contribution in [1.29, 1.82) is 0 Å². The van der Waals surface area contributed by atoms with Crippen molar-refractivity contribution in [3.05, 3.63) is 0 Å². The molecule has 0 bridgehead atoms. The van der Waals surface area contributed by atoms with Crippen molar-refractivity contribution in [3.63, 3.8) is 0 Å². The summed E-state index contributed by atoms with van der Waals surface area (Å²) in [6.45, 7) is 10.2. The molecule has 0 saturated carbocycles. The fourth-order valence-electron chi connectivity index (χ4n) is 1.02. The Kier molecular flexibility index (Phi) is 6.87. The van der Waals surface area contributed by atoms with E-state index in [1.165, 1.54) is 6.42 Å². The van der Waals surface area contributed by atoms with Gasteiger partial charge in [-0.1, -0.05) is 27.7 Å². The van der Waals surface area contributed by atoms with Gasteiger partial charge in [-0.25, -0.2) is 0 Å². The molecule has 0 aliphatic heterocycles. The lowest BCUT2D eigenvalue weighted by Crippen LogP contribution is -2.22. The molecule has 2 heteroatoms. The van der Waals surface area contributed by atoms with E-state index in [1.54, 1.807) is 0 Å². The standard InChI is InChI=1S/C11H23NO/c1-9(2)5-7-12-8-6-11(13)10(3)4/h9-10,12H,5-8H2,1-4H3. The van der Waals surface area contributed by atoms with Crippen molar-refractivity contribution >= 4 is 5.78 Å². The number of Topliss-reactive ketones (excluding diaryl/α,β-unsaturated/α-hetero) is 1. The summed E-state index contributed by atoms with van der Waals surface area (Å²) in [6, 6.07) is 0. The quantitative estimate of drug-likeness (QED) is 0.616. The Balaban J connectivity index is 3.21. The van der Waals surface area contributed by atoms with E-state index < -0.39 is 0 Å². The van der Waals surface area contributed by atoms with E-state index in [-0.39, 0.29) is 5.92 Å². The molecule has 0 spiro atoms. The Morgan fingerprint density at radius 2 is 1.77 bits per heavy atom. The van der Waals surface area contributed by atoms with Crippen LogP contribution in [0.5, 0.6) is 0 Å². The molecule has 0 aromatic carbocycles. The molecule has 78 valence electrons. The summed E-state index contributed by atoms with van der Waals surface area (Å²) >= 11 is 0. The molecule has 0 heterocycles. The van der Waals surface area contributed by atoms with Gasteiger partial charge in [0.05, 0.1) is 0 Å². The smallest absolute Gasteiger partial charge is 0.136 e. The van der Waals surface area contributed by atoms with Gasteiger partial charge in [0.15, 0.2) is 0 Å². The molecule has 0 amide bonds. The molecule has 2 nitrogen and oxygen atoms in total. The lowest BCUT2D eigenvalue weighted by Gasteiger charge is -2.07. The molecule has 0 aromatic heterocycles. The van der Waals surface area contributed by atoms with Gasteiger partial charge in [-0.15, -0.1) is 0 Å². The van der Waals surface area contributed by atoms with Gasteiger partial charge in [-0.3, -0.25) is 4.79 Å². The highest BCUT2D eigenvalue weighted by Crippen LogP contribution is 1.98. The molecule has 0 fully saturated rings. The summed E-state index contributed by atoms with van der Waals surface area (Å²) < 4.78 is 0. The number of rotatable bonds is 7. The van der Waals surface area contributed by atoms with Crippen LogP contribution in [0.1, 0.15) is 40.5 Å². The topological polar surface area (TPSA) is 29.1 Å². The zero-order chi connectivity index (χ0) is 10.3. The lowest BCUT2D eigenvalue weighted by atomic mass is 10.1. The molecule has 0 aromatic rings. The zero-order valence-electron chi connectivity index (χ0n) is 9.39. The van der Waals surface area contributed by atoms with E-state index in [9.17, 15) is 4.79 Å². The fraction of sp³-hybridized carbons (Fsp3) is 0.909. The predicted molar refractivity (Wildman–Crippen MR) is 56.8 cm³/mol. The molecule has 0 aliphatic carbocycles. The Bertz CT molecular complexity index is 141. The van der Waals surface area contributed by atoms with Crippen LogP contribution in [0.3, 0.4) is 0 Å². The van der Waals surface area contributed by atoms with Gasteiger partial charge < -0.3 is 5.32 Å². The molecule has 0 radical (unpaired) electrons. The number of nitrogens with one attached hydrogen (secondary N) is 1. The van der Waals surface area contributed by atoms with Crippen LogP contribution < -0.4 is 5.32 Å². The molecule has 13 heavy (non-hydrogen) atoms. The third kappa shape index (κ3) is 7.97. The molecule has 0 rings (SSSR count). The number of carbonyl (C=O) groups excluding carboxylic acids is 1. The highest BCUT2D eigenvalue weighted by Gasteiger charge is 2.05. The Labute approximate surface area is 82.1 Å². The molecule has 1 N–H and O–H groups in total.